The molecular formula is C18H11Cl2NO3. The molecule has 0 aliphatic carbocycles. The fourth-order valence-corrected chi connectivity index (χ4v) is 2.48. The second kappa shape index (κ2) is 6.91. The molecule has 4 nitrogen and oxygen atoms in total. The highest BCUT2D eigenvalue weighted by Gasteiger charge is 2.06. The van der Waals surface area contributed by atoms with Crippen molar-refractivity contribution in [3.05, 3.63) is 80.6 Å². The molecule has 0 saturated carbocycles. The third-order valence-corrected chi connectivity index (χ3v) is 3.87. The summed E-state index contributed by atoms with van der Waals surface area (Å²) in [4.78, 5) is 24.3. The van der Waals surface area contributed by atoms with Gasteiger partial charge in [-0.15, -0.1) is 0 Å². The van der Waals surface area contributed by atoms with Crippen molar-refractivity contribution in [2.45, 2.75) is 0 Å². The molecule has 1 N–H and O–H groups in total. The second-order valence-corrected chi connectivity index (χ2v) is 5.81. The van der Waals surface area contributed by atoms with E-state index < -0.39 is 5.91 Å². The van der Waals surface area contributed by atoms with Crippen LogP contribution >= 0.6 is 23.2 Å². The molecule has 1 aromatic heterocycles. The van der Waals surface area contributed by atoms with E-state index >= 15 is 0 Å². The van der Waals surface area contributed by atoms with E-state index in [1.54, 1.807) is 42.5 Å². The van der Waals surface area contributed by atoms with E-state index in [-0.39, 0.29) is 11.0 Å². The standard InChI is InChI=1S/C18H11Cl2NO3/c19-12-6-7-14(20)15(9-12)21-17(22)8-5-11-10-24-16-4-2-1-3-13(16)18(11)23/h1-10H,(H,21,22)/b8-5+. The van der Waals surface area contributed by atoms with Crippen LogP contribution in [0.25, 0.3) is 17.0 Å². The van der Waals surface area contributed by atoms with Crippen LogP contribution in [0.1, 0.15) is 5.56 Å². The molecule has 0 aliphatic rings. The fraction of sp³-hybridized carbons (Fsp3) is 0. The van der Waals surface area contributed by atoms with Crippen LogP contribution in [0.5, 0.6) is 0 Å². The largest absolute Gasteiger partial charge is 0.463 e. The molecule has 1 amide bonds. The molecule has 120 valence electrons. The highest BCUT2D eigenvalue weighted by molar-refractivity contribution is 6.35. The number of fused-ring (bicyclic) bond motifs is 1. The zero-order chi connectivity index (χ0) is 17.1. The normalized spacial score (nSPS) is 11.1. The van der Waals surface area contributed by atoms with Gasteiger partial charge in [0.05, 0.1) is 21.7 Å². The summed E-state index contributed by atoms with van der Waals surface area (Å²) < 4.78 is 5.39. The third kappa shape index (κ3) is 3.50. The van der Waals surface area contributed by atoms with E-state index in [0.29, 0.717) is 26.7 Å². The van der Waals surface area contributed by atoms with Crippen LogP contribution in [0.2, 0.25) is 10.0 Å². The van der Waals surface area contributed by atoms with Gasteiger partial charge in [0.1, 0.15) is 11.8 Å². The Kier molecular flexibility index (Phi) is 4.69. The second-order valence-electron chi connectivity index (χ2n) is 4.96. The summed E-state index contributed by atoms with van der Waals surface area (Å²) in [5, 5.41) is 3.88. The van der Waals surface area contributed by atoms with E-state index in [9.17, 15) is 9.59 Å². The Balaban J connectivity index is 1.83. The van der Waals surface area contributed by atoms with Gasteiger partial charge < -0.3 is 9.73 Å². The highest BCUT2D eigenvalue weighted by Crippen LogP contribution is 2.25. The van der Waals surface area contributed by atoms with E-state index in [0.717, 1.165) is 0 Å². The zero-order valence-electron chi connectivity index (χ0n) is 12.3. The monoisotopic (exact) mass is 359 g/mol. The maximum Gasteiger partial charge on any atom is 0.248 e. The lowest BCUT2D eigenvalue weighted by atomic mass is 10.1. The Labute approximate surface area is 147 Å². The van der Waals surface area contributed by atoms with Gasteiger partial charge in [-0.1, -0.05) is 35.3 Å². The summed E-state index contributed by atoms with van der Waals surface area (Å²) in [6, 6.07) is 11.7. The van der Waals surface area contributed by atoms with Crippen molar-refractivity contribution >= 4 is 51.8 Å². The summed E-state index contributed by atoms with van der Waals surface area (Å²) in [5.41, 5.74) is 0.960. The van der Waals surface area contributed by atoms with Gasteiger partial charge in [0.15, 0.2) is 5.43 Å². The summed E-state index contributed by atoms with van der Waals surface area (Å²) in [6.07, 6.45) is 3.95. The van der Waals surface area contributed by atoms with Gasteiger partial charge in [-0.2, -0.15) is 0 Å². The highest BCUT2D eigenvalue weighted by atomic mass is 35.5. The maximum atomic E-state index is 12.3. The minimum atomic E-state index is -0.438. The van der Waals surface area contributed by atoms with Crippen LogP contribution in [-0.2, 0) is 4.79 Å². The lowest BCUT2D eigenvalue weighted by Crippen LogP contribution is -2.09. The minimum Gasteiger partial charge on any atom is -0.463 e. The number of anilines is 1. The Morgan fingerprint density at radius 3 is 2.75 bits per heavy atom. The molecule has 2 aromatic carbocycles. The molecule has 0 unspecified atom stereocenters. The number of nitrogens with one attached hydrogen (secondary N) is 1. The van der Waals surface area contributed by atoms with Crippen LogP contribution in [0.15, 0.2) is 64.0 Å². The summed E-state index contributed by atoms with van der Waals surface area (Å²) in [7, 11) is 0. The maximum absolute atomic E-state index is 12.3. The van der Waals surface area contributed by atoms with Gasteiger partial charge in [0.25, 0.3) is 0 Å². The Bertz CT molecular complexity index is 1010. The number of hydrogen-bond donors (Lipinski definition) is 1. The minimum absolute atomic E-state index is 0.207. The molecule has 6 heteroatoms. The molecule has 0 saturated heterocycles. The van der Waals surface area contributed by atoms with Gasteiger partial charge in [0, 0.05) is 11.1 Å². The van der Waals surface area contributed by atoms with Gasteiger partial charge in [0.2, 0.25) is 5.91 Å². The molecule has 0 radical (unpaired) electrons. The quantitative estimate of drug-likeness (QED) is 0.686. The average molecular weight is 360 g/mol. The van der Waals surface area contributed by atoms with E-state index in [2.05, 4.69) is 5.32 Å². The molecule has 0 spiro atoms. The number of halogens is 2. The van der Waals surface area contributed by atoms with Crippen molar-refractivity contribution < 1.29 is 9.21 Å². The van der Waals surface area contributed by atoms with Crippen LogP contribution in [0.4, 0.5) is 5.69 Å². The van der Waals surface area contributed by atoms with Crippen molar-refractivity contribution in [2.75, 3.05) is 5.32 Å². The van der Waals surface area contributed by atoms with Gasteiger partial charge in [-0.3, -0.25) is 9.59 Å². The van der Waals surface area contributed by atoms with E-state index in [1.807, 2.05) is 0 Å². The average Bonchev–Trinajstić information content (AvgIpc) is 2.58. The number of hydrogen-bond acceptors (Lipinski definition) is 3. The van der Waals surface area contributed by atoms with Gasteiger partial charge in [-0.25, -0.2) is 0 Å². The van der Waals surface area contributed by atoms with E-state index in [4.69, 9.17) is 27.6 Å². The van der Waals surface area contributed by atoms with Crippen LogP contribution < -0.4 is 10.7 Å². The molecule has 3 rings (SSSR count). The first-order chi connectivity index (χ1) is 11.5. The number of para-hydroxylation sites is 1. The van der Waals surface area contributed by atoms with Gasteiger partial charge in [-0.05, 0) is 36.4 Å². The van der Waals surface area contributed by atoms with Crippen LogP contribution in [-0.4, -0.2) is 5.91 Å². The van der Waals surface area contributed by atoms with Crippen molar-refractivity contribution in [1.29, 1.82) is 0 Å². The number of carbonyl (C=O) groups excluding carboxylic acids is 1. The first kappa shape index (κ1) is 16.3. The molecular weight excluding hydrogens is 349 g/mol. The van der Waals surface area contributed by atoms with Crippen molar-refractivity contribution in [3.63, 3.8) is 0 Å². The summed E-state index contributed by atoms with van der Waals surface area (Å²) in [5.74, 6) is -0.438. The lowest BCUT2D eigenvalue weighted by molar-refractivity contribution is -0.111. The SMILES string of the molecule is O=C(/C=C/c1coc2ccccc2c1=O)Nc1cc(Cl)ccc1Cl. The molecule has 0 bridgehead atoms. The van der Waals surface area contributed by atoms with Crippen LogP contribution in [0.3, 0.4) is 0 Å². The first-order valence-corrected chi connectivity index (χ1v) is 7.75. The molecule has 3 aromatic rings. The van der Waals surface area contributed by atoms with Gasteiger partial charge >= 0.3 is 0 Å². The predicted octanol–water partition coefficient (Wildman–Crippen LogP) is 4.75. The molecule has 0 aliphatic heterocycles. The van der Waals surface area contributed by atoms with Crippen molar-refractivity contribution in [1.82, 2.24) is 0 Å². The number of carbonyl (C=O) groups is 1. The number of benzene rings is 2. The molecule has 0 fully saturated rings. The molecule has 0 atom stereocenters. The summed E-state index contributed by atoms with van der Waals surface area (Å²) >= 11 is 11.9. The zero-order valence-corrected chi connectivity index (χ0v) is 13.8. The Morgan fingerprint density at radius 2 is 1.92 bits per heavy atom. The first-order valence-electron chi connectivity index (χ1n) is 6.99. The van der Waals surface area contributed by atoms with Crippen molar-refractivity contribution in [2.24, 2.45) is 0 Å². The Morgan fingerprint density at radius 1 is 1.12 bits per heavy atom. The third-order valence-electron chi connectivity index (χ3n) is 3.31. The topological polar surface area (TPSA) is 59.3 Å². The van der Waals surface area contributed by atoms with Crippen molar-refractivity contribution in [3.8, 4) is 0 Å². The smallest absolute Gasteiger partial charge is 0.248 e. The number of amides is 1. The molecule has 24 heavy (non-hydrogen) atoms. The summed E-state index contributed by atoms with van der Waals surface area (Å²) in [6.45, 7) is 0. The Hall–Kier alpha value is -2.56. The number of rotatable bonds is 3. The van der Waals surface area contributed by atoms with Crippen LogP contribution in [0, 0.1) is 0 Å². The van der Waals surface area contributed by atoms with E-state index in [1.165, 1.54) is 18.4 Å². The fourth-order valence-electron chi connectivity index (χ4n) is 2.14. The molecule has 1 heterocycles. The lowest BCUT2D eigenvalue weighted by Gasteiger charge is -2.05. The predicted molar refractivity (Wildman–Crippen MR) is 96.6 cm³/mol.